The highest BCUT2D eigenvalue weighted by molar-refractivity contribution is 9.28. The van der Waals surface area contributed by atoms with E-state index in [4.69, 9.17) is 18.9 Å². The Bertz CT molecular complexity index is 364. The van der Waals surface area contributed by atoms with Gasteiger partial charge in [0.2, 0.25) is 0 Å². The average Bonchev–Trinajstić information content (AvgIpc) is 2.75. The van der Waals surface area contributed by atoms with Gasteiger partial charge in [-0.15, -0.1) is 0 Å². The Kier molecular flexibility index (Phi) is 4.80. The van der Waals surface area contributed by atoms with Crippen LogP contribution in [0.2, 0.25) is 0 Å². The molecule has 0 aliphatic carbocycles. The molecule has 0 saturated carbocycles. The van der Waals surface area contributed by atoms with E-state index in [9.17, 15) is 0 Å². The first-order valence-electron chi connectivity index (χ1n) is 6.37. The van der Waals surface area contributed by atoms with Gasteiger partial charge in [-0.1, -0.05) is 6.08 Å². The lowest BCUT2D eigenvalue weighted by Gasteiger charge is -2.23. The maximum Gasteiger partial charge on any atom is 0.163 e. The molecule has 2 aliphatic rings. The van der Waals surface area contributed by atoms with Crippen LogP contribution >= 0.6 is 31.9 Å². The van der Waals surface area contributed by atoms with Gasteiger partial charge < -0.3 is 18.9 Å². The Hall–Kier alpha value is 0.540. The molecule has 3 atom stereocenters. The van der Waals surface area contributed by atoms with Gasteiger partial charge in [0, 0.05) is 0 Å². The van der Waals surface area contributed by atoms with E-state index >= 15 is 0 Å². The van der Waals surface area contributed by atoms with E-state index in [2.05, 4.69) is 31.9 Å². The number of ether oxygens (including phenoxy) is 4. The third-order valence-electron chi connectivity index (χ3n) is 3.12. The molecular formula is C13H20Br2O4. The van der Waals surface area contributed by atoms with Crippen molar-refractivity contribution >= 4 is 31.9 Å². The van der Waals surface area contributed by atoms with Crippen LogP contribution < -0.4 is 0 Å². The summed E-state index contributed by atoms with van der Waals surface area (Å²) in [6.07, 6.45) is 2.52. The van der Waals surface area contributed by atoms with E-state index < -0.39 is 11.6 Å². The fourth-order valence-electron chi connectivity index (χ4n) is 2.44. The van der Waals surface area contributed by atoms with Crippen LogP contribution in [-0.2, 0) is 18.9 Å². The monoisotopic (exact) mass is 398 g/mol. The van der Waals surface area contributed by atoms with Crippen molar-refractivity contribution in [2.24, 2.45) is 0 Å². The standard InChI is InChI=1S/C13H20Br2O4/c1-12(2)16-7-9(18-12)11-8(5-6-10(14)15)17-13(3,4)19-11/h6,8-9,11H,5,7H2,1-4H3/t8-,9-,11+/m1/s1. The van der Waals surface area contributed by atoms with Gasteiger partial charge in [-0.25, -0.2) is 0 Å². The zero-order valence-corrected chi connectivity index (χ0v) is 14.8. The van der Waals surface area contributed by atoms with Crippen LogP contribution in [-0.4, -0.2) is 36.5 Å². The molecule has 0 unspecified atom stereocenters. The van der Waals surface area contributed by atoms with Crippen molar-refractivity contribution in [2.75, 3.05) is 6.61 Å². The minimum atomic E-state index is -0.585. The lowest BCUT2D eigenvalue weighted by Crippen LogP contribution is -2.38. The van der Waals surface area contributed by atoms with Crippen molar-refractivity contribution < 1.29 is 18.9 Å². The van der Waals surface area contributed by atoms with Crippen molar-refractivity contribution in [3.8, 4) is 0 Å². The highest BCUT2D eigenvalue weighted by Gasteiger charge is 2.49. The summed E-state index contributed by atoms with van der Waals surface area (Å²) in [4.78, 5) is 0. The first kappa shape index (κ1) is 15.9. The summed E-state index contributed by atoms with van der Waals surface area (Å²) in [6, 6.07) is 0. The first-order valence-corrected chi connectivity index (χ1v) is 7.96. The number of rotatable bonds is 3. The van der Waals surface area contributed by atoms with Crippen LogP contribution in [0.3, 0.4) is 0 Å². The van der Waals surface area contributed by atoms with E-state index in [-0.39, 0.29) is 18.3 Å². The molecule has 0 aromatic carbocycles. The van der Waals surface area contributed by atoms with Crippen molar-refractivity contribution in [1.82, 2.24) is 0 Å². The summed E-state index contributed by atoms with van der Waals surface area (Å²) >= 11 is 6.71. The molecule has 0 N–H and O–H groups in total. The molecule has 0 amide bonds. The van der Waals surface area contributed by atoms with Crippen LogP contribution in [0.15, 0.2) is 9.47 Å². The predicted octanol–water partition coefficient (Wildman–Crippen LogP) is 3.68. The highest BCUT2D eigenvalue weighted by atomic mass is 79.9. The fraction of sp³-hybridized carbons (Fsp3) is 0.846. The van der Waals surface area contributed by atoms with E-state index in [1.807, 2.05) is 33.8 Å². The molecule has 6 heteroatoms. The van der Waals surface area contributed by atoms with Crippen molar-refractivity contribution in [1.29, 1.82) is 0 Å². The molecule has 0 spiro atoms. The minimum absolute atomic E-state index is 0.0393. The molecule has 0 radical (unpaired) electrons. The molecule has 0 aromatic rings. The Morgan fingerprint density at radius 1 is 1.11 bits per heavy atom. The molecule has 4 nitrogen and oxygen atoms in total. The Morgan fingerprint density at radius 2 is 1.79 bits per heavy atom. The third kappa shape index (κ3) is 4.25. The molecule has 2 heterocycles. The number of halogens is 2. The lowest BCUT2D eigenvalue weighted by molar-refractivity contribution is -0.174. The zero-order valence-electron chi connectivity index (χ0n) is 11.6. The zero-order chi connectivity index (χ0) is 14.3. The van der Waals surface area contributed by atoms with E-state index in [0.29, 0.717) is 6.61 Å². The van der Waals surface area contributed by atoms with Gasteiger partial charge in [0.25, 0.3) is 0 Å². The molecular weight excluding hydrogens is 380 g/mol. The number of hydrogen-bond donors (Lipinski definition) is 0. The third-order valence-corrected chi connectivity index (χ3v) is 3.77. The molecule has 2 fully saturated rings. The topological polar surface area (TPSA) is 36.9 Å². The van der Waals surface area contributed by atoms with Crippen LogP contribution in [0.5, 0.6) is 0 Å². The molecule has 0 aromatic heterocycles. The molecule has 2 rings (SSSR count). The van der Waals surface area contributed by atoms with Crippen LogP contribution in [0.1, 0.15) is 34.1 Å². The maximum atomic E-state index is 5.98. The molecule has 0 bridgehead atoms. The molecule has 110 valence electrons. The average molecular weight is 400 g/mol. The molecule has 19 heavy (non-hydrogen) atoms. The van der Waals surface area contributed by atoms with Crippen molar-refractivity contribution in [2.45, 2.75) is 64.0 Å². The Balaban J connectivity index is 2.06. The summed E-state index contributed by atoms with van der Waals surface area (Å²) in [5.41, 5.74) is 0. The van der Waals surface area contributed by atoms with Crippen LogP contribution in [0.25, 0.3) is 0 Å². The maximum absolute atomic E-state index is 5.98. The van der Waals surface area contributed by atoms with Crippen LogP contribution in [0, 0.1) is 0 Å². The summed E-state index contributed by atoms with van der Waals surface area (Å²) in [7, 11) is 0. The second kappa shape index (κ2) is 5.73. The molecule has 2 saturated heterocycles. The largest absolute Gasteiger partial charge is 0.348 e. The SMILES string of the molecule is CC1(C)OC[C@H]([C@H]2OC(C)(C)O[C@@H]2CC=C(Br)Br)O1. The van der Waals surface area contributed by atoms with Gasteiger partial charge >= 0.3 is 0 Å². The predicted molar refractivity (Wildman–Crippen MR) is 79.3 cm³/mol. The number of hydrogen-bond acceptors (Lipinski definition) is 4. The second-order valence-corrected chi connectivity index (χ2v) is 8.51. The normalized spacial score (nSPS) is 36.4. The molecule has 2 aliphatic heterocycles. The fourth-order valence-corrected chi connectivity index (χ4v) is 2.82. The quantitative estimate of drug-likeness (QED) is 0.725. The minimum Gasteiger partial charge on any atom is -0.348 e. The first-order chi connectivity index (χ1) is 8.69. The van der Waals surface area contributed by atoms with Gasteiger partial charge in [0.1, 0.15) is 12.2 Å². The van der Waals surface area contributed by atoms with Crippen molar-refractivity contribution in [3.05, 3.63) is 9.47 Å². The van der Waals surface area contributed by atoms with Crippen LogP contribution in [0.4, 0.5) is 0 Å². The van der Waals surface area contributed by atoms with E-state index in [1.165, 1.54) is 0 Å². The summed E-state index contributed by atoms with van der Waals surface area (Å²) < 4.78 is 24.4. The van der Waals surface area contributed by atoms with Gasteiger partial charge in [0.15, 0.2) is 11.6 Å². The summed E-state index contributed by atoms with van der Waals surface area (Å²) in [5, 5.41) is 0. The van der Waals surface area contributed by atoms with Gasteiger partial charge in [-0.05, 0) is 66.0 Å². The Morgan fingerprint density at radius 3 is 2.32 bits per heavy atom. The summed E-state index contributed by atoms with van der Waals surface area (Å²) in [5.74, 6) is -1.13. The van der Waals surface area contributed by atoms with Gasteiger partial charge in [-0.2, -0.15) is 0 Å². The van der Waals surface area contributed by atoms with Gasteiger partial charge in [-0.3, -0.25) is 0 Å². The highest BCUT2D eigenvalue weighted by Crippen LogP contribution is 2.37. The summed E-state index contributed by atoms with van der Waals surface area (Å²) in [6.45, 7) is 8.21. The Labute approximate surface area is 131 Å². The second-order valence-electron chi connectivity index (χ2n) is 5.74. The van der Waals surface area contributed by atoms with Crippen molar-refractivity contribution in [3.63, 3.8) is 0 Å². The lowest BCUT2D eigenvalue weighted by atomic mass is 10.1. The smallest absolute Gasteiger partial charge is 0.163 e. The van der Waals surface area contributed by atoms with Gasteiger partial charge in [0.05, 0.1) is 16.1 Å². The van der Waals surface area contributed by atoms with E-state index in [1.54, 1.807) is 0 Å². The van der Waals surface area contributed by atoms with E-state index in [0.717, 1.165) is 9.81 Å².